The normalized spacial score (nSPS) is 11.8. The summed E-state index contributed by atoms with van der Waals surface area (Å²) in [6.45, 7) is 5.92. The summed E-state index contributed by atoms with van der Waals surface area (Å²) in [6, 6.07) is 6.94. The lowest BCUT2D eigenvalue weighted by atomic mass is 10.1. The second-order valence-corrected chi connectivity index (χ2v) is 6.23. The molecule has 2 N–H and O–H groups in total. The molecule has 0 bridgehead atoms. The van der Waals surface area contributed by atoms with Crippen molar-refractivity contribution in [3.63, 3.8) is 0 Å². The molecule has 1 aromatic carbocycles. The monoisotopic (exact) mass is 332 g/mol. The zero-order valence-electron chi connectivity index (χ0n) is 13.4. The van der Waals surface area contributed by atoms with Gasteiger partial charge in [-0.05, 0) is 38.0 Å². The van der Waals surface area contributed by atoms with Crippen LogP contribution in [0.25, 0.3) is 0 Å². The van der Waals surface area contributed by atoms with E-state index < -0.39 is 0 Å². The highest BCUT2D eigenvalue weighted by Gasteiger charge is 2.14. The first-order chi connectivity index (χ1) is 11.0. The van der Waals surface area contributed by atoms with Crippen LogP contribution in [0.4, 0.5) is 5.69 Å². The fraction of sp³-hybridized carbons (Fsp3) is 0.375. The van der Waals surface area contributed by atoms with E-state index >= 15 is 0 Å². The van der Waals surface area contributed by atoms with Gasteiger partial charge in [0.2, 0.25) is 5.01 Å². The molecular formula is C16H20N4O2S. The molecular weight excluding hydrogens is 312 g/mol. The minimum Gasteiger partial charge on any atom is -0.350 e. The van der Waals surface area contributed by atoms with Crippen molar-refractivity contribution in [1.82, 2.24) is 15.5 Å². The van der Waals surface area contributed by atoms with Crippen molar-refractivity contribution in [2.45, 2.75) is 39.7 Å². The molecule has 23 heavy (non-hydrogen) atoms. The number of hydrogen-bond acceptors (Lipinski definition) is 5. The van der Waals surface area contributed by atoms with Crippen molar-refractivity contribution in [3.8, 4) is 0 Å². The van der Waals surface area contributed by atoms with Gasteiger partial charge >= 0.3 is 0 Å². The molecule has 7 heteroatoms. The van der Waals surface area contributed by atoms with E-state index in [4.69, 9.17) is 0 Å². The van der Waals surface area contributed by atoms with E-state index in [1.165, 1.54) is 11.3 Å². The SMILES string of the molecule is CCc1nnc(C(=O)Nc2cccc(C(=O)N[C@@H](C)CC)c2)s1. The maximum absolute atomic E-state index is 12.1. The highest BCUT2D eigenvalue weighted by molar-refractivity contribution is 7.13. The summed E-state index contributed by atoms with van der Waals surface area (Å²) in [5.41, 5.74) is 1.06. The van der Waals surface area contributed by atoms with Gasteiger partial charge < -0.3 is 10.6 Å². The van der Waals surface area contributed by atoms with E-state index in [9.17, 15) is 9.59 Å². The first kappa shape index (κ1) is 17.1. The Kier molecular flexibility index (Phi) is 5.81. The van der Waals surface area contributed by atoms with Crippen LogP contribution in [0.5, 0.6) is 0 Å². The van der Waals surface area contributed by atoms with Crippen molar-refractivity contribution in [1.29, 1.82) is 0 Å². The summed E-state index contributed by atoms with van der Waals surface area (Å²) >= 11 is 1.27. The summed E-state index contributed by atoms with van der Waals surface area (Å²) in [4.78, 5) is 24.3. The molecule has 0 saturated heterocycles. The van der Waals surface area contributed by atoms with Crippen LogP contribution in [0.3, 0.4) is 0 Å². The lowest BCUT2D eigenvalue weighted by Gasteiger charge is -2.12. The summed E-state index contributed by atoms with van der Waals surface area (Å²) in [7, 11) is 0. The Morgan fingerprint density at radius 1 is 1.22 bits per heavy atom. The number of hydrogen-bond donors (Lipinski definition) is 2. The summed E-state index contributed by atoms with van der Waals surface area (Å²) < 4.78 is 0. The fourth-order valence-electron chi connectivity index (χ4n) is 1.82. The quantitative estimate of drug-likeness (QED) is 0.852. The lowest BCUT2D eigenvalue weighted by Crippen LogP contribution is -2.31. The van der Waals surface area contributed by atoms with Crippen LogP contribution >= 0.6 is 11.3 Å². The van der Waals surface area contributed by atoms with E-state index in [0.29, 0.717) is 16.3 Å². The Bertz CT molecular complexity index is 699. The average molecular weight is 332 g/mol. The van der Waals surface area contributed by atoms with Gasteiger partial charge in [-0.15, -0.1) is 10.2 Å². The summed E-state index contributed by atoms with van der Waals surface area (Å²) in [5.74, 6) is -0.471. The van der Waals surface area contributed by atoms with Gasteiger partial charge in [-0.25, -0.2) is 0 Å². The Hall–Kier alpha value is -2.28. The van der Waals surface area contributed by atoms with Crippen LogP contribution in [0.1, 0.15) is 52.4 Å². The lowest BCUT2D eigenvalue weighted by molar-refractivity contribution is 0.0938. The molecule has 2 aromatic rings. The van der Waals surface area contributed by atoms with Gasteiger partial charge in [-0.1, -0.05) is 31.3 Å². The van der Waals surface area contributed by atoms with Crippen LogP contribution in [0.2, 0.25) is 0 Å². The molecule has 2 amide bonds. The standard InChI is InChI=1S/C16H20N4O2S/c1-4-10(3)17-14(21)11-7-6-8-12(9-11)18-15(22)16-20-19-13(5-2)23-16/h6-10H,4-5H2,1-3H3,(H,17,21)(H,18,22)/t10-/m0/s1. The van der Waals surface area contributed by atoms with E-state index in [2.05, 4.69) is 20.8 Å². The molecule has 0 aliphatic rings. The Morgan fingerprint density at radius 3 is 2.65 bits per heavy atom. The zero-order chi connectivity index (χ0) is 16.8. The maximum Gasteiger partial charge on any atom is 0.286 e. The molecule has 1 atom stereocenters. The molecule has 0 aliphatic heterocycles. The molecule has 0 aliphatic carbocycles. The predicted octanol–water partition coefficient (Wildman–Crippen LogP) is 2.88. The Balaban J connectivity index is 2.07. The van der Waals surface area contributed by atoms with Crippen molar-refractivity contribution < 1.29 is 9.59 Å². The first-order valence-corrected chi connectivity index (χ1v) is 8.39. The van der Waals surface area contributed by atoms with Gasteiger partial charge in [-0.2, -0.15) is 0 Å². The summed E-state index contributed by atoms with van der Waals surface area (Å²) in [6.07, 6.45) is 1.61. The van der Waals surface area contributed by atoms with Crippen LogP contribution in [-0.2, 0) is 6.42 Å². The third kappa shape index (κ3) is 4.59. The second-order valence-electron chi connectivity index (χ2n) is 5.17. The maximum atomic E-state index is 12.1. The third-order valence-corrected chi connectivity index (χ3v) is 4.40. The van der Waals surface area contributed by atoms with Gasteiger partial charge in [-0.3, -0.25) is 9.59 Å². The Morgan fingerprint density at radius 2 is 2.00 bits per heavy atom. The van der Waals surface area contributed by atoms with Gasteiger partial charge in [0.15, 0.2) is 0 Å². The molecule has 6 nitrogen and oxygen atoms in total. The number of aryl methyl sites for hydroxylation is 1. The van der Waals surface area contributed by atoms with Crippen molar-refractivity contribution in [2.75, 3.05) is 5.32 Å². The topological polar surface area (TPSA) is 84.0 Å². The molecule has 0 unspecified atom stereocenters. The predicted molar refractivity (Wildman–Crippen MR) is 90.9 cm³/mol. The number of carbonyl (C=O) groups is 2. The minimum absolute atomic E-state index is 0.106. The molecule has 0 radical (unpaired) electrons. The van der Waals surface area contributed by atoms with Crippen LogP contribution in [0, 0.1) is 0 Å². The highest BCUT2D eigenvalue weighted by atomic mass is 32.1. The third-order valence-electron chi connectivity index (χ3n) is 3.34. The van der Waals surface area contributed by atoms with E-state index in [1.54, 1.807) is 24.3 Å². The molecule has 0 spiro atoms. The number of nitrogens with zero attached hydrogens (tertiary/aromatic N) is 2. The van der Waals surface area contributed by atoms with Gasteiger partial charge in [0.05, 0.1) is 0 Å². The molecule has 122 valence electrons. The number of amides is 2. The number of benzene rings is 1. The number of nitrogens with one attached hydrogen (secondary N) is 2. The van der Waals surface area contributed by atoms with Crippen molar-refractivity contribution >= 4 is 28.8 Å². The fourth-order valence-corrected chi connectivity index (χ4v) is 2.49. The number of carbonyl (C=O) groups excluding carboxylic acids is 2. The van der Waals surface area contributed by atoms with E-state index in [1.807, 2.05) is 20.8 Å². The van der Waals surface area contributed by atoms with Crippen molar-refractivity contribution in [2.24, 2.45) is 0 Å². The van der Waals surface area contributed by atoms with Gasteiger partial charge in [0, 0.05) is 17.3 Å². The molecule has 2 rings (SSSR count). The minimum atomic E-state index is -0.318. The molecule has 1 aromatic heterocycles. The first-order valence-electron chi connectivity index (χ1n) is 7.58. The number of anilines is 1. The highest BCUT2D eigenvalue weighted by Crippen LogP contribution is 2.15. The smallest absolute Gasteiger partial charge is 0.286 e. The van der Waals surface area contributed by atoms with Crippen LogP contribution in [0.15, 0.2) is 24.3 Å². The molecule has 0 fully saturated rings. The number of rotatable bonds is 6. The zero-order valence-corrected chi connectivity index (χ0v) is 14.2. The number of aromatic nitrogens is 2. The summed E-state index contributed by atoms with van der Waals surface area (Å²) in [5, 5.41) is 14.6. The van der Waals surface area contributed by atoms with E-state index in [-0.39, 0.29) is 17.9 Å². The van der Waals surface area contributed by atoms with Crippen LogP contribution < -0.4 is 10.6 Å². The second kappa shape index (κ2) is 7.82. The molecule has 0 saturated carbocycles. The average Bonchev–Trinajstić information content (AvgIpc) is 3.04. The van der Waals surface area contributed by atoms with Crippen molar-refractivity contribution in [3.05, 3.63) is 39.8 Å². The van der Waals surface area contributed by atoms with E-state index in [0.717, 1.165) is 17.8 Å². The van der Waals surface area contributed by atoms with Gasteiger partial charge in [0.25, 0.3) is 11.8 Å². The van der Waals surface area contributed by atoms with Crippen LogP contribution in [-0.4, -0.2) is 28.1 Å². The molecule has 1 heterocycles. The largest absolute Gasteiger partial charge is 0.350 e. The van der Waals surface area contributed by atoms with Gasteiger partial charge in [0.1, 0.15) is 5.01 Å². The Labute approximate surface area is 139 Å².